The molecule has 1 unspecified atom stereocenters. The number of nitrogens with zero attached hydrogens (tertiary/aromatic N) is 1. The Morgan fingerprint density at radius 3 is 3.36 bits per heavy atom. The van der Waals surface area contributed by atoms with E-state index in [9.17, 15) is 0 Å². The maximum absolute atomic E-state index is 5.56. The molecule has 1 saturated heterocycles. The summed E-state index contributed by atoms with van der Waals surface area (Å²) in [5.74, 6) is 0.824. The van der Waals surface area contributed by atoms with Gasteiger partial charge in [0.25, 0.3) is 0 Å². The van der Waals surface area contributed by atoms with Crippen LogP contribution < -0.4 is 5.32 Å². The summed E-state index contributed by atoms with van der Waals surface area (Å²) < 4.78 is 5.56. The second kappa shape index (κ2) is 5.44. The first kappa shape index (κ1) is 10.1. The van der Waals surface area contributed by atoms with Crippen LogP contribution in [-0.4, -0.2) is 24.7 Å². The smallest absolute Gasteiger partial charge is 0.0896 e. The van der Waals surface area contributed by atoms with Crippen LogP contribution in [0.1, 0.15) is 18.5 Å². The van der Waals surface area contributed by atoms with Crippen LogP contribution >= 0.6 is 11.3 Å². The lowest BCUT2D eigenvalue weighted by Crippen LogP contribution is -2.10. The van der Waals surface area contributed by atoms with Crippen LogP contribution in [0.4, 0.5) is 0 Å². The Labute approximate surface area is 88.5 Å². The lowest BCUT2D eigenvalue weighted by atomic mass is 10.1. The largest absolute Gasteiger partial charge is 0.375 e. The van der Waals surface area contributed by atoms with E-state index < -0.39 is 0 Å². The van der Waals surface area contributed by atoms with Crippen LogP contribution in [0.25, 0.3) is 0 Å². The Hall–Kier alpha value is -0.450. The molecule has 0 aromatic carbocycles. The minimum Gasteiger partial charge on any atom is -0.375 e. The van der Waals surface area contributed by atoms with Crippen LogP contribution in [0.5, 0.6) is 0 Å². The highest BCUT2D eigenvalue weighted by Crippen LogP contribution is 2.12. The van der Waals surface area contributed by atoms with Gasteiger partial charge < -0.3 is 10.1 Å². The van der Waals surface area contributed by atoms with Gasteiger partial charge in [-0.25, -0.2) is 4.98 Å². The van der Waals surface area contributed by atoms with Crippen molar-refractivity contribution in [3.63, 3.8) is 0 Å². The van der Waals surface area contributed by atoms with E-state index in [0.717, 1.165) is 18.2 Å². The molecule has 2 heterocycles. The standard InChI is InChI=1S/C10H16N2OS/c1-3-11-5-9(1)2-4-13-6-10-7-14-8-12-10/h7-9,11H,1-6H2. The average molecular weight is 212 g/mol. The molecule has 1 aliphatic rings. The van der Waals surface area contributed by atoms with Crippen molar-refractivity contribution < 1.29 is 4.74 Å². The van der Waals surface area contributed by atoms with E-state index in [-0.39, 0.29) is 0 Å². The molecule has 0 aliphatic carbocycles. The normalized spacial score (nSPS) is 21.6. The zero-order chi connectivity index (χ0) is 9.64. The molecule has 4 heteroatoms. The highest BCUT2D eigenvalue weighted by Gasteiger charge is 2.13. The maximum atomic E-state index is 5.56. The Kier molecular flexibility index (Phi) is 3.91. The highest BCUT2D eigenvalue weighted by atomic mass is 32.1. The van der Waals surface area contributed by atoms with Gasteiger partial charge in [0.2, 0.25) is 0 Å². The molecule has 78 valence electrons. The summed E-state index contributed by atoms with van der Waals surface area (Å²) in [6, 6.07) is 0. The fraction of sp³-hybridized carbons (Fsp3) is 0.700. The molecule has 0 bridgehead atoms. The lowest BCUT2D eigenvalue weighted by Gasteiger charge is -2.07. The van der Waals surface area contributed by atoms with Gasteiger partial charge in [0.05, 0.1) is 17.8 Å². The molecular weight excluding hydrogens is 196 g/mol. The van der Waals surface area contributed by atoms with Crippen molar-refractivity contribution in [2.24, 2.45) is 5.92 Å². The van der Waals surface area contributed by atoms with E-state index >= 15 is 0 Å². The predicted molar refractivity (Wildman–Crippen MR) is 57.4 cm³/mol. The lowest BCUT2D eigenvalue weighted by molar-refractivity contribution is 0.107. The van der Waals surface area contributed by atoms with Gasteiger partial charge in [-0.1, -0.05) is 0 Å². The third kappa shape index (κ3) is 3.04. The van der Waals surface area contributed by atoms with Crippen LogP contribution in [0.15, 0.2) is 10.9 Å². The first-order valence-electron chi connectivity index (χ1n) is 5.10. The van der Waals surface area contributed by atoms with E-state index in [1.165, 1.54) is 25.9 Å². The highest BCUT2D eigenvalue weighted by molar-refractivity contribution is 7.07. The summed E-state index contributed by atoms with van der Waals surface area (Å²) >= 11 is 1.62. The molecule has 1 aromatic heterocycles. The average Bonchev–Trinajstić information content (AvgIpc) is 2.86. The third-order valence-electron chi connectivity index (χ3n) is 2.57. The van der Waals surface area contributed by atoms with Crippen molar-refractivity contribution in [1.29, 1.82) is 0 Å². The summed E-state index contributed by atoms with van der Waals surface area (Å²) in [5.41, 5.74) is 2.90. The van der Waals surface area contributed by atoms with Gasteiger partial charge in [0.1, 0.15) is 0 Å². The Bertz CT molecular complexity index is 245. The SMILES string of the molecule is c1nc(COCCC2CCNC2)cs1. The van der Waals surface area contributed by atoms with Gasteiger partial charge >= 0.3 is 0 Å². The summed E-state index contributed by atoms with van der Waals surface area (Å²) in [6.45, 7) is 3.88. The molecule has 1 atom stereocenters. The van der Waals surface area contributed by atoms with Crippen LogP contribution in [-0.2, 0) is 11.3 Å². The Morgan fingerprint density at radius 2 is 2.64 bits per heavy atom. The molecule has 1 N–H and O–H groups in total. The van der Waals surface area contributed by atoms with E-state index in [1.54, 1.807) is 11.3 Å². The summed E-state index contributed by atoms with van der Waals surface area (Å²) in [4.78, 5) is 4.17. The third-order valence-corrected chi connectivity index (χ3v) is 3.20. The van der Waals surface area contributed by atoms with Gasteiger partial charge in [-0.3, -0.25) is 0 Å². The maximum Gasteiger partial charge on any atom is 0.0896 e. The molecule has 3 nitrogen and oxygen atoms in total. The number of hydrogen-bond acceptors (Lipinski definition) is 4. The van der Waals surface area contributed by atoms with Crippen molar-refractivity contribution >= 4 is 11.3 Å². The van der Waals surface area contributed by atoms with E-state index in [1.807, 2.05) is 10.9 Å². The van der Waals surface area contributed by atoms with Crippen molar-refractivity contribution in [3.8, 4) is 0 Å². The molecular formula is C10H16N2OS. The number of hydrogen-bond donors (Lipinski definition) is 1. The van der Waals surface area contributed by atoms with Gasteiger partial charge in [0, 0.05) is 12.0 Å². The number of rotatable bonds is 5. The molecule has 1 aromatic rings. The van der Waals surface area contributed by atoms with Crippen molar-refractivity contribution in [2.75, 3.05) is 19.7 Å². The number of ether oxygens (including phenoxy) is 1. The summed E-state index contributed by atoms with van der Waals surface area (Å²) in [5, 5.41) is 5.40. The number of nitrogens with one attached hydrogen (secondary N) is 1. The first-order valence-corrected chi connectivity index (χ1v) is 6.05. The van der Waals surface area contributed by atoms with Gasteiger partial charge in [0.15, 0.2) is 0 Å². The topological polar surface area (TPSA) is 34.1 Å². The van der Waals surface area contributed by atoms with Gasteiger partial charge in [-0.15, -0.1) is 11.3 Å². The van der Waals surface area contributed by atoms with E-state index in [2.05, 4.69) is 10.3 Å². The monoisotopic (exact) mass is 212 g/mol. The quantitative estimate of drug-likeness (QED) is 0.754. The second-order valence-electron chi connectivity index (χ2n) is 3.68. The molecule has 1 fully saturated rings. The molecule has 0 saturated carbocycles. The zero-order valence-electron chi connectivity index (χ0n) is 8.24. The van der Waals surface area contributed by atoms with Crippen LogP contribution in [0, 0.1) is 5.92 Å². The first-order chi connectivity index (χ1) is 6.95. The molecule has 1 aliphatic heterocycles. The van der Waals surface area contributed by atoms with E-state index in [0.29, 0.717) is 6.61 Å². The van der Waals surface area contributed by atoms with Crippen LogP contribution in [0.3, 0.4) is 0 Å². The zero-order valence-corrected chi connectivity index (χ0v) is 9.05. The van der Waals surface area contributed by atoms with Crippen molar-refractivity contribution in [3.05, 3.63) is 16.6 Å². The number of aromatic nitrogens is 1. The van der Waals surface area contributed by atoms with Crippen molar-refractivity contribution in [2.45, 2.75) is 19.4 Å². The molecule has 0 amide bonds. The molecule has 0 radical (unpaired) electrons. The van der Waals surface area contributed by atoms with Gasteiger partial charge in [-0.05, 0) is 31.8 Å². The predicted octanol–water partition coefficient (Wildman–Crippen LogP) is 1.66. The molecule has 0 spiro atoms. The summed E-state index contributed by atoms with van der Waals surface area (Å²) in [7, 11) is 0. The molecule has 2 rings (SSSR count). The van der Waals surface area contributed by atoms with E-state index in [4.69, 9.17) is 4.74 Å². The second-order valence-corrected chi connectivity index (χ2v) is 4.40. The Morgan fingerprint density at radius 1 is 1.64 bits per heavy atom. The van der Waals surface area contributed by atoms with Crippen molar-refractivity contribution in [1.82, 2.24) is 10.3 Å². The minimum absolute atomic E-state index is 0.670. The Balaban J connectivity index is 1.55. The summed E-state index contributed by atoms with van der Waals surface area (Å²) in [6.07, 6.45) is 2.48. The minimum atomic E-state index is 0.670. The van der Waals surface area contributed by atoms with Crippen LogP contribution in [0.2, 0.25) is 0 Å². The molecule has 14 heavy (non-hydrogen) atoms. The number of thiazole rings is 1. The fourth-order valence-electron chi connectivity index (χ4n) is 1.70. The van der Waals surface area contributed by atoms with Gasteiger partial charge in [-0.2, -0.15) is 0 Å². The fourth-order valence-corrected chi connectivity index (χ4v) is 2.24.